The monoisotopic (exact) mass is 170 g/mol. The average molecular weight is 170 g/mol. The van der Waals surface area contributed by atoms with Crippen molar-refractivity contribution in [2.24, 2.45) is 5.92 Å². The Bertz CT molecular complexity index is 151. The van der Waals surface area contributed by atoms with E-state index in [2.05, 4.69) is 24.5 Å². The fourth-order valence-electron chi connectivity index (χ4n) is 1.34. The van der Waals surface area contributed by atoms with Crippen molar-refractivity contribution in [3.8, 4) is 0 Å². The third kappa shape index (κ3) is 2.81. The third-order valence-electron chi connectivity index (χ3n) is 2.06. The summed E-state index contributed by atoms with van der Waals surface area (Å²) in [5, 5.41) is 6.09. The van der Waals surface area contributed by atoms with Crippen molar-refractivity contribution in [1.29, 1.82) is 0 Å². The highest BCUT2D eigenvalue weighted by atomic mass is 16.2. The summed E-state index contributed by atoms with van der Waals surface area (Å²) < 4.78 is 0. The minimum atomic E-state index is 0.0729. The van der Waals surface area contributed by atoms with Crippen molar-refractivity contribution in [2.45, 2.75) is 32.7 Å². The molecule has 0 spiro atoms. The van der Waals surface area contributed by atoms with Crippen LogP contribution in [0.15, 0.2) is 0 Å². The van der Waals surface area contributed by atoms with Crippen LogP contribution in [0.2, 0.25) is 0 Å². The van der Waals surface area contributed by atoms with Gasteiger partial charge in [0.05, 0.1) is 6.04 Å². The van der Waals surface area contributed by atoms with Gasteiger partial charge in [-0.25, -0.2) is 0 Å². The van der Waals surface area contributed by atoms with Crippen LogP contribution < -0.4 is 10.6 Å². The summed E-state index contributed by atoms with van der Waals surface area (Å²) in [6.07, 6.45) is 2.11. The number of nitrogens with one attached hydrogen (secondary N) is 2. The number of rotatable bonds is 3. The van der Waals surface area contributed by atoms with E-state index in [1.54, 1.807) is 0 Å². The van der Waals surface area contributed by atoms with Gasteiger partial charge in [0.15, 0.2) is 0 Å². The van der Waals surface area contributed by atoms with Crippen LogP contribution in [-0.2, 0) is 4.79 Å². The molecular formula is C9H18N2O. The maximum Gasteiger partial charge on any atom is 0.237 e. The third-order valence-corrected chi connectivity index (χ3v) is 2.06. The quantitative estimate of drug-likeness (QED) is 0.648. The second kappa shape index (κ2) is 4.45. The lowest BCUT2D eigenvalue weighted by Crippen LogP contribution is -2.41. The van der Waals surface area contributed by atoms with Gasteiger partial charge in [-0.1, -0.05) is 13.8 Å². The van der Waals surface area contributed by atoms with Crippen LogP contribution in [0.3, 0.4) is 0 Å². The molecule has 0 bridgehead atoms. The van der Waals surface area contributed by atoms with E-state index in [1.807, 2.05) is 0 Å². The van der Waals surface area contributed by atoms with Crippen LogP contribution in [0.5, 0.6) is 0 Å². The van der Waals surface area contributed by atoms with Crippen molar-refractivity contribution >= 4 is 5.91 Å². The molecule has 0 aromatic heterocycles. The van der Waals surface area contributed by atoms with Crippen molar-refractivity contribution in [3.63, 3.8) is 0 Å². The first-order chi connectivity index (χ1) is 5.70. The zero-order chi connectivity index (χ0) is 8.97. The van der Waals surface area contributed by atoms with Crippen LogP contribution in [0, 0.1) is 5.92 Å². The fraction of sp³-hybridized carbons (Fsp3) is 0.889. The molecule has 1 rings (SSSR count). The second-order valence-corrected chi connectivity index (χ2v) is 3.79. The Balaban J connectivity index is 2.18. The zero-order valence-electron chi connectivity index (χ0n) is 7.89. The number of carbonyl (C=O) groups is 1. The highest BCUT2D eigenvalue weighted by Crippen LogP contribution is 2.04. The molecule has 70 valence electrons. The molecule has 0 aromatic carbocycles. The topological polar surface area (TPSA) is 41.1 Å². The van der Waals surface area contributed by atoms with E-state index in [0.29, 0.717) is 5.92 Å². The smallest absolute Gasteiger partial charge is 0.237 e. The Morgan fingerprint density at radius 1 is 1.67 bits per heavy atom. The predicted octanol–water partition coefficient (Wildman–Crippen LogP) is 0.511. The molecule has 0 unspecified atom stereocenters. The molecule has 3 heteroatoms. The molecule has 0 radical (unpaired) electrons. The number of hydrogen-bond acceptors (Lipinski definition) is 2. The molecule has 1 aliphatic heterocycles. The second-order valence-electron chi connectivity index (χ2n) is 3.79. The van der Waals surface area contributed by atoms with Gasteiger partial charge in [0, 0.05) is 6.54 Å². The van der Waals surface area contributed by atoms with Gasteiger partial charge in [-0.2, -0.15) is 0 Å². The Kier molecular flexibility index (Phi) is 3.53. The maximum atomic E-state index is 11.4. The SMILES string of the molecule is CC(C)CNC(=O)[C@H]1CCCN1. The average Bonchev–Trinajstić information content (AvgIpc) is 2.51. The summed E-state index contributed by atoms with van der Waals surface area (Å²) in [5.74, 6) is 0.705. The van der Waals surface area contributed by atoms with E-state index >= 15 is 0 Å². The van der Waals surface area contributed by atoms with Gasteiger partial charge in [0.1, 0.15) is 0 Å². The van der Waals surface area contributed by atoms with Crippen molar-refractivity contribution in [1.82, 2.24) is 10.6 Å². The summed E-state index contributed by atoms with van der Waals surface area (Å²) in [6, 6.07) is 0.0729. The first kappa shape index (κ1) is 9.52. The standard InChI is InChI=1S/C9H18N2O/c1-7(2)6-11-9(12)8-4-3-5-10-8/h7-8,10H,3-6H2,1-2H3,(H,11,12)/t8-/m1/s1. The highest BCUT2D eigenvalue weighted by Gasteiger charge is 2.21. The largest absolute Gasteiger partial charge is 0.354 e. The minimum Gasteiger partial charge on any atom is -0.354 e. The van der Waals surface area contributed by atoms with E-state index in [4.69, 9.17) is 0 Å². The van der Waals surface area contributed by atoms with Crippen molar-refractivity contribution in [3.05, 3.63) is 0 Å². The fourth-order valence-corrected chi connectivity index (χ4v) is 1.34. The Hall–Kier alpha value is -0.570. The molecule has 1 saturated heterocycles. The van der Waals surface area contributed by atoms with Crippen LogP contribution in [0.25, 0.3) is 0 Å². The van der Waals surface area contributed by atoms with Gasteiger partial charge in [0.25, 0.3) is 0 Å². The molecule has 1 amide bonds. The molecule has 1 aliphatic rings. The molecule has 2 N–H and O–H groups in total. The minimum absolute atomic E-state index is 0.0729. The van der Waals surface area contributed by atoms with Gasteiger partial charge in [0.2, 0.25) is 5.91 Å². The van der Waals surface area contributed by atoms with E-state index < -0.39 is 0 Å². The molecule has 3 nitrogen and oxygen atoms in total. The molecule has 0 aliphatic carbocycles. The number of carbonyl (C=O) groups excluding carboxylic acids is 1. The van der Waals surface area contributed by atoms with Gasteiger partial charge in [-0.05, 0) is 25.3 Å². The zero-order valence-corrected chi connectivity index (χ0v) is 7.89. The lowest BCUT2D eigenvalue weighted by atomic mass is 10.2. The number of hydrogen-bond donors (Lipinski definition) is 2. The van der Waals surface area contributed by atoms with Crippen LogP contribution in [0.4, 0.5) is 0 Å². The first-order valence-electron chi connectivity index (χ1n) is 4.71. The Morgan fingerprint density at radius 2 is 2.42 bits per heavy atom. The van der Waals surface area contributed by atoms with Gasteiger partial charge >= 0.3 is 0 Å². The molecule has 0 aromatic rings. The normalized spacial score (nSPS) is 23.1. The van der Waals surface area contributed by atoms with Crippen molar-refractivity contribution < 1.29 is 4.79 Å². The van der Waals surface area contributed by atoms with E-state index in [0.717, 1.165) is 25.9 Å². The summed E-state index contributed by atoms with van der Waals surface area (Å²) in [4.78, 5) is 11.4. The Morgan fingerprint density at radius 3 is 2.92 bits per heavy atom. The van der Waals surface area contributed by atoms with E-state index in [9.17, 15) is 4.79 Å². The summed E-state index contributed by atoms with van der Waals surface area (Å²) in [6.45, 7) is 5.97. The molecule has 1 fully saturated rings. The van der Waals surface area contributed by atoms with Crippen LogP contribution in [0.1, 0.15) is 26.7 Å². The lowest BCUT2D eigenvalue weighted by Gasteiger charge is -2.12. The predicted molar refractivity (Wildman–Crippen MR) is 48.9 cm³/mol. The van der Waals surface area contributed by atoms with E-state index in [1.165, 1.54) is 0 Å². The summed E-state index contributed by atoms with van der Waals surface area (Å²) >= 11 is 0. The van der Waals surface area contributed by atoms with Gasteiger partial charge in [-0.15, -0.1) is 0 Å². The van der Waals surface area contributed by atoms with Gasteiger partial charge < -0.3 is 10.6 Å². The number of amides is 1. The summed E-state index contributed by atoms with van der Waals surface area (Å²) in [5.41, 5.74) is 0. The molecular weight excluding hydrogens is 152 g/mol. The molecule has 1 heterocycles. The Labute approximate surface area is 73.9 Å². The van der Waals surface area contributed by atoms with Crippen LogP contribution >= 0.6 is 0 Å². The molecule has 0 saturated carbocycles. The van der Waals surface area contributed by atoms with Crippen LogP contribution in [-0.4, -0.2) is 25.0 Å². The maximum absolute atomic E-state index is 11.4. The van der Waals surface area contributed by atoms with Gasteiger partial charge in [-0.3, -0.25) is 4.79 Å². The highest BCUT2D eigenvalue weighted by molar-refractivity contribution is 5.81. The van der Waals surface area contributed by atoms with E-state index in [-0.39, 0.29) is 11.9 Å². The molecule has 1 atom stereocenters. The lowest BCUT2D eigenvalue weighted by molar-refractivity contribution is -0.122. The molecule has 12 heavy (non-hydrogen) atoms. The first-order valence-corrected chi connectivity index (χ1v) is 4.71. The van der Waals surface area contributed by atoms with Crippen molar-refractivity contribution in [2.75, 3.05) is 13.1 Å². The summed E-state index contributed by atoms with van der Waals surface area (Å²) in [7, 11) is 0.